The third-order valence-corrected chi connectivity index (χ3v) is 16.9. The third-order valence-electron chi connectivity index (χ3n) is 16.9. The Kier molecular flexibility index (Phi) is 15.4. The van der Waals surface area contributed by atoms with Crippen LogP contribution in [0.15, 0.2) is 182 Å². The Morgan fingerprint density at radius 3 is 1.36 bits per heavy atom. The largest absolute Gasteiger partial charge is 1.00 e. The Morgan fingerprint density at radius 2 is 0.870 bits per heavy atom. The lowest BCUT2D eigenvalue weighted by Crippen LogP contribution is -3.00. The number of hydrogen-bond donors (Lipinski definition) is 2. The quantitative estimate of drug-likeness (QED) is 0.111. The number of nitrogens with zero attached hydrogens (tertiary/aromatic N) is 2. The maximum Gasteiger partial charge on any atom is 0.123 e. The first-order valence-electron chi connectivity index (χ1n) is 24.5. The summed E-state index contributed by atoms with van der Waals surface area (Å²) in [7, 11) is 0. The SMILES string of the molecule is OC(c1cccc(F)c1)(c1cccc(F)c1)C12CC[N+](CCCOc3ccccc3)(CC1)CC2.OC(c1ccccc1)(c1ccccc1)C12CC[N+](Cc3ccc4ccccc4c3)(CC1)CC2.[Br-].[Br-]. The number of benzene rings is 7. The summed E-state index contributed by atoms with van der Waals surface area (Å²) in [5.74, 6) is 0.117. The smallest absolute Gasteiger partial charge is 0.123 e. The Hall–Kier alpha value is -4.74. The molecule has 0 unspecified atom stereocenters. The molecule has 0 saturated carbocycles. The van der Waals surface area contributed by atoms with Crippen molar-refractivity contribution in [3.63, 3.8) is 0 Å². The average Bonchev–Trinajstić information content (AvgIpc) is 3.39. The number of piperidine rings is 6. The van der Waals surface area contributed by atoms with E-state index in [2.05, 4.69) is 91.0 Å². The number of ether oxygens (including phenoxy) is 1. The van der Waals surface area contributed by atoms with E-state index in [1.807, 2.05) is 42.5 Å². The van der Waals surface area contributed by atoms with Gasteiger partial charge in [-0.05, 0) is 75.5 Å². The second-order valence-electron chi connectivity index (χ2n) is 20.3. The number of aliphatic hydroxyl groups is 2. The summed E-state index contributed by atoms with van der Waals surface area (Å²) in [6, 6.07) is 58.7. The van der Waals surface area contributed by atoms with Crippen LogP contribution >= 0.6 is 0 Å². The lowest BCUT2D eigenvalue weighted by Gasteiger charge is -2.60. The molecular weight excluding hydrogens is 994 g/mol. The highest BCUT2D eigenvalue weighted by molar-refractivity contribution is 5.83. The average molecular weight is 1060 g/mol. The Labute approximate surface area is 428 Å². The van der Waals surface area contributed by atoms with Crippen LogP contribution in [0.2, 0.25) is 0 Å². The minimum atomic E-state index is -1.44. The fourth-order valence-electron chi connectivity index (χ4n) is 13.0. The van der Waals surface area contributed by atoms with Gasteiger partial charge in [0.1, 0.15) is 35.1 Å². The maximum atomic E-state index is 14.3. The van der Waals surface area contributed by atoms with E-state index in [-0.39, 0.29) is 51.0 Å². The van der Waals surface area contributed by atoms with Crippen molar-refractivity contribution in [2.24, 2.45) is 10.8 Å². The highest BCUT2D eigenvalue weighted by atomic mass is 79.9. The zero-order valence-corrected chi connectivity index (χ0v) is 42.5. The molecule has 7 aromatic rings. The van der Waals surface area contributed by atoms with Crippen LogP contribution in [-0.4, -0.2) is 71.6 Å². The number of fused-ring (bicyclic) bond motifs is 7. The molecule has 6 saturated heterocycles. The molecule has 360 valence electrons. The van der Waals surface area contributed by atoms with Crippen LogP contribution < -0.4 is 38.7 Å². The fraction of sp³-hybridized carbons (Fsp3) is 0.333. The number of rotatable bonds is 13. The van der Waals surface area contributed by atoms with Gasteiger partial charge in [-0.2, -0.15) is 0 Å². The minimum absolute atomic E-state index is 0. The van der Waals surface area contributed by atoms with Crippen LogP contribution in [0, 0.1) is 22.5 Å². The number of hydrogen-bond acceptors (Lipinski definition) is 3. The van der Waals surface area contributed by atoms with Gasteiger partial charge >= 0.3 is 0 Å². The molecule has 69 heavy (non-hydrogen) atoms. The van der Waals surface area contributed by atoms with Crippen molar-refractivity contribution < 1.29 is 66.7 Å². The van der Waals surface area contributed by atoms with Crippen molar-refractivity contribution in [3.05, 3.63) is 221 Å². The second-order valence-corrected chi connectivity index (χ2v) is 20.3. The molecule has 6 aliphatic rings. The fourth-order valence-corrected chi connectivity index (χ4v) is 13.0. The number of halogens is 4. The van der Waals surface area contributed by atoms with Crippen LogP contribution in [0.4, 0.5) is 8.78 Å². The van der Waals surface area contributed by atoms with E-state index in [0.717, 1.165) is 123 Å². The molecule has 6 aliphatic heterocycles. The molecule has 0 atom stereocenters. The van der Waals surface area contributed by atoms with E-state index in [1.54, 1.807) is 24.3 Å². The number of quaternary nitrogens is 2. The highest BCUT2D eigenvalue weighted by Crippen LogP contribution is 2.59. The summed E-state index contributed by atoms with van der Waals surface area (Å²) in [4.78, 5) is 0. The van der Waals surface area contributed by atoms with Gasteiger partial charge in [0.05, 0.1) is 52.4 Å². The van der Waals surface area contributed by atoms with E-state index < -0.39 is 16.6 Å². The zero-order chi connectivity index (χ0) is 46.0. The van der Waals surface area contributed by atoms with E-state index in [1.165, 1.54) is 40.6 Å². The van der Waals surface area contributed by atoms with E-state index in [4.69, 9.17) is 4.74 Å². The summed E-state index contributed by atoms with van der Waals surface area (Å²) < 4.78 is 36.6. The second kappa shape index (κ2) is 20.9. The van der Waals surface area contributed by atoms with Crippen molar-refractivity contribution >= 4 is 10.8 Å². The molecule has 13 rings (SSSR count). The molecule has 5 nitrogen and oxygen atoms in total. The predicted octanol–water partition coefficient (Wildman–Crippen LogP) is 5.96. The monoisotopic (exact) mass is 1060 g/mol. The van der Waals surface area contributed by atoms with Crippen LogP contribution in [0.1, 0.15) is 72.8 Å². The van der Waals surface area contributed by atoms with Gasteiger partial charge in [0, 0.05) is 61.3 Å². The first kappa shape index (κ1) is 50.6. The van der Waals surface area contributed by atoms with E-state index in [0.29, 0.717) is 17.7 Å². The number of para-hydroxylation sites is 1. The summed E-state index contributed by atoms with van der Waals surface area (Å²) in [6.07, 6.45) is 6.59. The molecule has 0 amide bonds. The van der Waals surface area contributed by atoms with Crippen molar-refractivity contribution in [3.8, 4) is 5.75 Å². The standard InChI is InChI=1S/C31H32NO.C29H32F2NO2.2BrH/c33-31(28-11-3-1-4-12-28,29-13-5-2-6-14-29)30-17-20-32(21-18-30,22-19-30)24-25-15-16-26-9-7-8-10-27(26)23-25;30-25-9-4-7-23(21-25)29(33,24-8-5-10-26(31)22-24)28-13-17-32(18-14-28,19-15-28)16-6-20-34-27-11-2-1-3-12-27;;/h1-16,23,33H,17-22,24H2;1-5,7-12,21-22,33H,6,13-20H2;2*1H/q2*+1;;/p-2. The van der Waals surface area contributed by atoms with Crippen molar-refractivity contribution in [1.29, 1.82) is 0 Å². The molecule has 6 fully saturated rings. The molecule has 0 radical (unpaired) electrons. The van der Waals surface area contributed by atoms with Gasteiger partial charge in [-0.15, -0.1) is 0 Å². The van der Waals surface area contributed by atoms with Gasteiger partial charge in [-0.1, -0.05) is 140 Å². The van der Waals surface area contributed by atoms with Crippen LogP contribution in [0.5, 0.6) is 5.75 Å². The highest BCUT2D eigenvalue weighted by Gasteiger charge is 2.61. The molecular formula is C60H64Br2F2N2O3. The zero-order valence-electron chi connectivity index (χ0n) is 39.3. The first-order valence-corrected chi connectivity index (χ1v) is 24.5. The van der Waals surface area contributed by atoms with E-state index >= 15 is 0 Å². The van der Waals surface area contributed by atoms with Crippen LogP contribution in [0.3, 0.4) is 0 Å². The van der Waals surface area contributed by atoms with Gasteiger partial charge in [-0.3, -0.25) is 0 Å². The minimum Gasteiger partial charge on any atom is -1.00 e. The van der Waals surface area contributed by atoms with Gasteiger partial charge < -0.3 is 57.9 Å². The summed E-state index contributed by atoms with van der Waals surface area (Å²) in [5, 5.41) is 27.6. The normalized spacial score (nSPS) is 23.8. The Balaban J connectivity index is 0.000000181. The van der Waals surface area contributed by atoms with Crippen LogP contribution in [-0.2, 0) is 17.7 Å². The third kappa shape index (κ3) is 9.72. The van der Waals surface area contributed by atoms with Crippen molar-refractivity contribution in [2.45, 2.75) is 62.7 Å². The van der Waals surface area contributed by atoms with Gasteiger partial charge in [-0.25, -0.2) is 8.78 Å². The molecule has 2 N–H and O–H groups in total. The van der Waals surface area contributed by atoms with Crippen molar-refractivity contribution in [1.82, 2.24) is 0 Å². The lowest BCUT2D eigenvalue weighted by molar-refractivity contribution is -0.958. The molecule has 9 heteroatoms. The van der Waals surface area contributed by atoms with Crippen molar-refractivity contribution in [2.75, 3.05) is 52.4 Å². The Morgan fingerprint density at radius 1 is 0.449 bits per heavy atom. The molecule has 6 heterocycles. The topological polar surface area (TPSA) is 49.7 Å². The lowest BCUT2D eigenvalue weighted by atomic mass is 9.56. The van der Waals surface area contributed by atoms with Gasteiger partial charge in [0.25, 0.3) is 0 Å². The summed E-state index contributed by atoms with van der Waals surface area (Å²) in [5.41, 5.74) is 1.57. The van der Waals surface area contributed by atoms with E-state index in [9.17, 15) is 19.0 Å². The van der Waals surface area contributed by atoms with Crippen LogP contribution in [0.25, 0.3) is 10.8 Å². The maximum absolute atomic E-state index is 14.3. The summed E-state index contributed by atoms with van der Waals surface area (Å²) >= 11 is 0. The molecule has 0 aliphatic carbocycles. The first-order chi connectivity index (χ1) is 32.6. The molecule has 7 aromatic carbocycles. The predicted molar refractivity (Wildman–Crippen MR) is 263 cm³/mol. The van der Waals surface area contributed by atoms with Gasteiger partial charge in [0.15, 0.2) is 0 Å². The molecule has 0 spiro atoms. The molecule has 4 bridgehead atoms. The Bertz CT molecular complexity index is 2660. The van der Waals surface area contributed by atoms with Gasteiger partial charge in [0.2, 0.25) is 0 Å². The molecule has 0 aromatic heterocycles. The summed E-state index contributed by atoms with van der Waals surface area (Å²) in [6.45, 7) is 9.09.